The van der Waals surface area contributed by atoms with Gasteiger partial charge in [0, 0.05) is 5.69 Å². The first-order chi connectivity index (χ1) is 8.43. The van der Waals surface area contributed by atoms with E-state index < -0.39 is 0 Å². The average molecular weight is 228 g/mol. The molecule has 2 aromatic carbocycles. The van der Waals surface area contributed by atoms with Crippen LogP contribution in [-0.2, 0) is 0 Å². The zero-order chi connectivity index (χ0) is 13.4. The number of anilines is 1. The van der Waals surface area contributed by atoms with Crippen molar-refractivity contribution < 1.29 is 0 Å². The summed E-state index contributed by atoms with van der Waals surface area (Å²) >= 11 is 0. The molecular weight excluding hydrogens is 212 g/mol. The Bertz CT molecular complexity index is 578. The molecule has 0 radical (unpaired) electrons. The SMILES string of the molecule is Bc1c(B)c(B)c(-c2ccc(N)cc2)c(B)c1B. The van der Waals surface area contributed by atoms with Crippen LogP contribution in [-0.4, -0.2) is 39.2 Å². The third kappa shape index (κ3) is 2.00. The van der Waals surface area contributed by atoms with Crippen LogP contribution in [0, 0.1) is 0 Å². The van der Waals surface area contributed by atoms with Crippen LogP contribution < -0.4 is 33.0 Å². The van der Waals surface area contributed by atoms with Crippen molar-refractivity contribution in [1.29, 1.82) is 0 Å². The highest BCUT2D eigenvalue weighted by Gasteiger charge is 2.12. The predicted octanol–water partition coefficient (Wildman–Crippen LogP) is -5.77. The van der Waals surface area contributed by atoms with Gasteiger partial charge in [-0.3, -0.25) is 0 Å². The molecule has 0 heterocycles. The highest BCUT2D eigenvalue weighted by molar-refractivity contribution is 6.68. The maximum absolute atomic E-state index is 5.76. The van der Waals surface area contributed by atoms with Crippen molar-refractivity contribution >= 4 is 72.2 Å². The Kier molecular flexibility index (Phi) is 3.38. The third-order valence-electron chi connectivity index (χ3n) is 4.20. The van der Waals surface area contributed by atoms with Gasteiger partial charge in [-0.25, -0.2) is 0 Å². The van der Waals surface area contributed by atoms with Gasteiger partial charge >= 0.3 is 0 Å². The minimum atomic E-state index is 0.814. The molecule has 0 bridgehead atoms. The van der Waals surface area contributed by atoms with E-state index in [0.29, 0.717) is 0 Å². The molecule has 1 nitrogen and oxygen atoms in total. The predicted molar refractivity (Wildman–Crippen MR) is 97.2 cm³/mol. The van der Waals surface area contributed by atoms with Crippen LogP contribution in [0.1, 0.15) is 0 Å². The Hall–Kier alpha value is -1.44. The van der Waals surface area contributed by atoms with E-state index in [1.807, 2.05) is 12.1 Å². The summed E-state index contributed by atoms with van der Waals surface area (Å²) in [4.78, 5) is 0. The first-order valence-electron chi connectivity index (χ1n) is 6.36. The van der Waals surface area contributed by atoms with Crippen LogP contribution in [0.2, 0.25) is 0 Å². The van der Waals surface area contributed by atoms with Gasteiger partial charge in [0.25, 0.3) is 0 Å². The fourth-order valence-corrected chi connectivity index (χ4v) is 2.58. The molecule has 0 unspecified atom stereocenters. The van der Waals surface area contributed by atoms with Crippen molar-refractivity contribution in [2.75, 3.05) is 5.73 Å². The van der Waals surface area contributed by atoms with Gasteiger partial charge in [0.1, 0.15) is 39.2 Å². The van der Waals surface area contributed by atoms with Gasteiger partial charge in [-0.05, 0) is 23.3 Å². The summed E-state index contributed by atoms with van der Waals surface area (Å²) < 4.78 is 0. The van der Waals surface area contributed by atoms with Crippen molar-refractivity contribution in [3.63, 3.8) is 0 Å². The molecule has 0 fully saturated rings. The molecule has 0 aromatic heterocycles. The normalized spacial score (nSPS) is 10.4. The Morgan fingerprint density at radius 1 is 0.611 bits per heavy atom. The zero-order valence-corrected chi connectivity index (χ0v) is 11.9. The highest BCUT2D eigenvalue weighted by atomic mass is 14.5. The second-order valence-electron chi connectivity index (χ2n) is 5.12. The summed E-state index contributed by atoms with van der Waals surface area (Å²) in [6, 6.07) is 8.16. The molecular formula is C12H16B5N. The number of benzene rings is 2. The van der Waals surface area contributed by atoms with E-state index in [-0.39, 0.29) is 0 Å². The number of nitrogens with two attached hydrogens (primary N) is 1. The maximum Gasteiger partial charge on any atom is 0.139 e. The summed E-state index contributed by atoms with van der Waals surface area (Å²) in [5.74, 6) is 0. The number of rotatable bonds is 1. The standard InChI is InChI=1S/C12H16B5N/c13-8-7(5-1-3-6(18)4-2-5)9(14)11(16)12(17)10(8)15/h1-4H,13-18H2. The second kappa shape index (κ2) is 4.68. The average Bonchev–Trinajstić information content (AvgIpc) is 2.36. The van der Waals surface area contributed by atoms with Gasteiger partial charge in [-0.2, -0.15) is 0 Å². The van der Waals surface area contributed by atoms with Gasteiger partial charge in [0.2, 0.25) is 0 Å². The van der Waals surface area contributed by atoms with Crippen molar-refractivity contribution in [2.24, 2.45) is 0 Å². The van der Waals surface area contributed by atoms with Crippen LogP contribution in [0.15, 0.2) is 24.3 Å². The second-order valence-corrected chi connectivity index (χ2v) is 5.12. The van der Waals surface area contributed by atoms with E-state index in [2.05, 4.69) is 51.4 Å². The lowest BCUT2D eigenvalue weighted by Crippen LogP contribution is -2.55. The lowest BCUT2D eigenvalue weighted by atomic mass is 9.60. The Labute approximate surface area is 114 Å². The summed E-state index contributed by atoms with van der Waals surface area (Å²) in [6.45, 7) is 0. The fraction of sp³-hybridized carbons (Fsp3) is 0. The topological polar surface area (TPSA) is 26.0 Å². The molecule has 0 aliphatic carbocycles. The molecule has 84 valence electrons. The smallest absolute Gasteiger partial charge is 0.139 e. The molecule has 0 spiro atoms. The first kappa shape index (κ1) is 13.0. The fourth-order valence-electron chi connectivity index (χ4n) is 2.58. The van der Waals surface area contributed by atoms with Gasteiger partial charge in [-0.15, -0.1) is 16.4 Å². The summed E-state index contributed by atoms with van der Waals surface area (Å²) in [5, 5.41) is 0. The molecule has 0 amide bonds. The van der Waals surface area contributed by atoms with Crippen LogP contribution in [0.4, 0.5) is 5.69 Å². The lowest BCUT2D eigenvalue weighted by molar-refractivity contribution is 1.67. The Morgan fingerprint density at radius 3 is 1.44 bits per heavy atom. The van der Waals surface area contributed by atoms with Gasteiger partial charge in [0.15, 0.2) is 0 Å². The number of nitrogen functional groups attached to an aromatic ring is 1. The summed E-state index contributed by atoms with van der Waals surface area (Å²) in [7, 11) is 11.0. The lowest BCUT2D eigenvalue weighted by Gasteiger charge is -2.20. The van der Waals surface area contributed by atoms with E-state index in [0.717, 1.165) is 5.69 Å². The van der Waals surface area contributed by atoms with Crippen molar-refractivity contribution in [2.45, 2.75) is 0 Å². The minimum absolute atomic E-state index is 0.814. The highest BCUT2D eigenvalue weighted by Crippen LogP contribution is 2.15. The quantitative estimate of drug-likeness (QED) is 0.382. The van der Waals surface area contributed by atoms with Crippen molar-refractivity contribution in [3.8, 4) is 11.1 Å². The summed E-state index contributed by atoms with van der Waals surface area (Å²) in [6.07, 6.45) is 0. The first-order valence-corrected chi connectivity index (χ1v) is 6.36. The largest absolute Gasteiger partial charge is 0.399 e. The number of hydrogen-bond donors (Lipinski definition) is 1. The van der Waals surface area contributed by atoms with Gasteiger partial charge in [0.05, 0.1) is 0 Å². The third-order valence-corrected chi connectivity index (χ3v) is 4.20. The Balaban J connectivity index is 2.75. The summed E-state index contributed by atoms with van der Waals surface area (Å²) in [5.41, 5.74) is 16.1. The van der Waals surface area contributed by atoms with E-state index >= 15 is 0 Å². The van der Waals surface area contributed by atoms with Crippen LogP contribution in [0.3, 0.4) is 0 Å². The molecule has 0 saturated heterocycles. The monoisotopic (exact) mass is 229 g/mol. The molecule has 2 aromatic rings. The Morgan fingerprint density at radius 2 is 1.00 bits per heavy atom. The van der Waals surface area contributed by atoms with E-state index in [4.69, 9.17) is 5.73 Å². The van der Waals surface area contributed by atoms with E-state index in [9.17, 15) is 0 Å². The molecule has 2 rings (SSSR count). The molecule has 0 saturated carbocycles. The molecule has 6 heteroatoms. The van der Waals surface area contributed by atoms with Crippen LogP contribution in [0.5, 0.6) is 0 Å². The molecule has 2 N–H and O–H groups in total. The van der Waals surface area contributed by atoms with E-state index in [1.165, 1.54) is 38.4 Å². The van der Waals surface area contributed by atoms with Crippen molar-refractivity contribution in [1.82, 2.24) is 0 Å². The molecule has 0 aliphatic heterocycles. The maximum atomic E-state index is 5.76. The molecule has 0 atom stereocenters. The van der Waals surface area contributed by atoms with Crippen LogP contribution >= 0.6 is 0 Å². The van der Waals surface area contributed by atoms with E-state index in [1.54, 1.807) is 0 Å². The molecule has 0 aliphatic rings. The number of hydrogen-bond acceptors (Lipinski definition) is 1. The van der Waals surface area contributed by atoms with Crippen molar-refractivity contribution in [3.05, 3.63) is 24.3 Å². The zero-order valence-electron chi connectivity index (χ0n) is 11.9. The van der Waals surface area contributed by atoms with Gasteiger partial charge < -0.3 is 5.73 Å². The van der Waals surface area contributed by atoms with Gasteiger partial charge in [-0.1, -0.05) is 23.1 Å². The van der Waals surface area contributed by atoms with Crippen LogP contribution in [0.25, 0.3) is 11.1 Å². The minimum Gasteiger partial charge on any atom is -0.399 e. The molecule has 18 heavy (non-hydrogen) atoms.